The number of nitrogen functional groups attached to an aromatic ring is 1. The molecule has 0 atom stereocenters. The van der Waals surface area contributed by atoms with Crippen LogP contribution in [0.5, 0.6) is 0 Å². The third-order valence-corrected chi connectivity index (χ3v) is 5.43. The maximum absolute atomic E-state index is 14.5. The van der Waals surface area contributed by atoms with Crippen LogP contribution in [0.1, 0.15) is 38.3 Å². The number of halogens is 1. The summed E-state index contributed by atoms with van der Waals surface area (Å²) in [6.07, 6.45) is 3.45. The van der Waals surface area contributed by atoms with Gasteiger partial charge in [0.05, 0.1) is 11.2 Å². The fourth-order valence-electron chi connectivity index (χ4n) is 4.01. The average Bonchev–Trinajstić information content (AvgIpc) is 3.20. The predicted molar refractivity (Wildman–Crippen MR) is 121 cm³/mol. The molecular formula is C24H23FN6. The number of anilines is 3. The molecule has 0 aliphatic carbocycles. The summed E-state index contributed by atoms with van der Waals surface area (Å²) in [6, 6.07) is 9.22. The van der Waals surface area contributed by atoms with Crippen molar-refractivity contribution in [3.8, 4) is 11.8 Å². The van der Waals surface area contributed by atoms with Gasteiger partial charge in [-0.25, -0.2) is 4.39 Å². The monoisotopic (exact) mass is 414 g/mol. The topological polar surface area (TPSA) is 72.3 Å². The summed E-state index contributed by atoms with van der Waals surface area (Å²) in [5.74, 6) is 7.33. The van der Waals surface area contributed by atoms with Crippen molar-refractivity contribution < 1.29 is 4.39 Å². The predicted octanol–water partition coefficient (Wildman–Crippen LogP) is 4.48. The average molecular weight is 414 g/mol. The highest BCUT2D eigenvalue weighted by Crippen LogP contribution is 2.38. The van der Waals surface area contributed by atoms with Gasteiger partial charge >= 0.3 is 0 Å². The van der Waals surface area contributed by atoms with E-state index in [1.54, 1.807) is 16.8 Å². The van der Waals surface area contributed by atoms with Crippen LogP contribution in [-0.4, -0.2) is 26.1 Å². The fraction of sp³-hybridized carbons (Fsp3) is 0.292. The highest BCUT2D eigenvalue weighted by molar-refractivity contribution is 5.95. The van der Waals surface area contributed by atoms with Crippen molar-refractivity contribution in [2.24, 2.45) is 5.41 Å². The molecule has 0 spiro atoms. The first-order valence-corrected chi connectivity index (χ1v) is 10.3. The van der Waals surface area contributed by atoms with Gasteiger partial charge < -0.3 is 10.6 Å². The molecule has 0 bridgehead atoms. The van der Waals surface area contributed by atoms with Gasteiger partial charge in [-0.3, -0.25) is 4.40 Å². The van der Waals surface area contributed by atoms with Crippen LogP contribution >= 0.6 is 0 Å². The van der Waals surface area contributed by atoms with Crippen molar-refractivity contribution in [3.63, 3.8) is 0 Å². The Morgan fingerprint density at radius 1 is 1.19 bits per heavy atom. The second-order valence-corrected chi connectivity index (χ2v) is 8.89. The zero-order valence-electron chi connectivity index (χ0n) is 17.8. The molecule has 0 saturated heterocycles. The highest BCUT2D eigenvalue weighted by Gasteiger charge is 2.24. The standard InChI is InChI=1S/C24H23FN6/c1-24(2,3)10-9-15-6-4-8-20-16(15)7-5-11-30(20)22-17-12-18(25)19(26)13-21(17)31-14-27-29-23(31)28-22/h4,6,8,12-14H,5,7,11,26H2,1-3H3. The molecule has 0 saturated carbocycles. The number of benzene rings is 2. The lowest BCUT2D eigenvalue weighted by Gasteiger charge is -2.32. The number of aromatic nitrogens is 4. The van der Waals surface area contributed by atoms with Crippen molar-refractivity contribution in [1.29, 1.82) is 0 Å². The van der Waals surface area contributed by atoms with Gasteiger partial charge in [-0.2, -0.15) is 4.98 Å². The number of hydrogen-bond donors (Lipinski definition) is 1. The molecule has 4 aromatic rings. The summed E-state index contributed by atoms with van der Waals surface area (Å²) in [4.78, 5) is 6.88. The molecule has 3 heterocycles. The number of rotatable bonds is 1. The number of nitrogens with zero attached hydrogens (tertiary/aromatic N) is 5. The van der Waals surface area contributed by atoms with Gasteiger partial charge in [-0.05, 0) is 63.4 Å². The third kappa shape index (κ3) is 3.34. The Kier molecular flexibility index (Phi) is 4.33. The molecule has 1 aliphatic rings. The quantitative estimate of drug-likeness (QED) is 0.367. The maximum atomic E-state index is 14.5. The summed E-state index contributed by atoms with van der Waals surface area (Å²) in [5, 5.41) is 8.76. The third-order valence-electron chi connectivity index (χ3n) is 5.43. The summed E-state index contributed by atoms with van der Waals surface area (Å²) in [5.41, 5.74) is 9.85. The van der Waals surface area contributed by atoms with Gasteiger partial charge in [-0.15, -0.1) is 10.2 Å². The fourth-order valence-corrected chi connectivity index (χ4v) is 4.01. The molecule has 0 amide bonds. The minimum absolute atomic E-state index is 0.0784. The first kappa shape index (κ1) is 19.3. The number of nitrogens with two attached hydrogens (primary N) is 1. The van der Waals surface area contributed by atoms with E-state index in [0.29, 0.717) is 17.0 Å². The van der Waals surface area contributed by atoms with Gasteiger partial charge in [-0.1, -0.05) is 17.9 Å². The van der Waals surface area contributed by atoms with Gasteiger partial charge in [0.15, 0.2) is 0 Å². The summed E-state index contributed by atoms with van der Waals surface area (Å²) in [7, 11) is 0. The molecule has 2 aromatic heterocycles. The molecule has 0 fully saturated rings. The van der Waals surface area contributed by atoms with E-state index in [2.05, 4.69) is 59.8 Å². The number of fused-ring (bicyclic) bond motifs is 4. The van der Waals surface area contributed by atoms with Crippen LogP contribution in [-0.2, 0) is 6.42 Å². The normalized spacial score (nSPS) is 13.9. The molecule has 0 radical (unpaired) electrons. The first-order valence-electron chi connectivity index (χ1n) is 10.3. The van der Waals surface area contributed by atoms with E-state index in [4.69, 9.17) is 10.7 Å². The van der Waals surface area contributed by atoms with Gasteiger partial charge in [0, 0.05) is 28.6 Å². The molecule has 6 nitrogen and oxygen atoms in total. The molecule has 31 heavy (non-hydrogen) atoms. The van der Waals surface area contributed by atoms with Crippen molar-refractivity contribution in [3.05, 3.63) is 53.6 Å². The zero-order chi connectivity index (χ0) is 21.8. The van der Waals surface area contributed by atoms with Crippen molar-refractivity contribution in [2.45, 2.75) is 33.6 Å². The molecule has 7 heteroatoms. The van der Waals surface area contributed by atoms with Crippen LogP contribution < -0.4 is 10.6 Å². The lowest BCUT2D eigenvalue weighted by atomic mass is 9.93. The summed E-state index contributed by atoms with van der Waals surface area (Å²) < 4.78 is 16.2. The SMILES string of the molecule is CC(C)(C)C#Cc1cccc2c1CCCN2c1nc2nncn2c2cc(N)c(F)cc12. The van der Waals surface area contributed by atoms with Crippen LogP contribution in [0.15, 0.2) is 36.7 Å². The lowest BCUT2D eigenvalue weighted by molar-refractivity contribution is 0.571. The molecule has 0 unspecified atom stereocenters. The van der Waals surface area contributed by atoms with Crippen LogP contribution in [0.4, 0.5) is 21.6 Å². The second kappa shape index (κ2) is 6.95. The summed E-state index contributed by atoms with van der Waals surface area (Å²) >= 11 is 0. The molecule has 2 N–H and O–H groups in total. The molecule has 1 aliphatic heterocycles. The first-order chi connectivity index (χ1) is 14.8. The van der Waals surface area contributed by atoms with Gasteiger partial charge in [0.2, 0.25) is 0 Å². The van der Waals surface area contributed by atoms with Crippen LogP contribution in [0.25, 0.3) is 16.7 Å². The van der Waals surface area contributed by atoms with E-state index in [9.17, 15) is 4.39 Å². The van der Waals surface area contributed by atoms with Crippen molar-refractivity contribution >= 4 is 33.9 Å². The van der Waals surface area contributed by atoms with Crippen LogP contribution in [0.3, 0.4) is 0 Å². The Balaban J connectivity index is 1.74. The zero-order valence-corrected chi connectivity index (χ0v) is 17.8. The van der Waals surface area contributed by atoms with E-state index in [1.807, 2.05) is 6.07 Å². The van der Waals surface area contributed by atoms with Crippen LogP contribution in [0, 0.1) is 23.1 Å². The van der Waals surface area contributed by atoms with E-state index < -0.39 is 5.82 Å². The van der Waals surface area contributed by atoms with E-state index >= 15 is 0 Å². The minimum atomic E-state index is -0.468. The Bertz CT molecular complexity index is 1390. The number of hydrogen-bond acceptors (Lipinski definition) is 5. The molecular weight excluding hydrogens is 391 g/mol. The molecule has 156 valence electrons. The van der Waals surface area contributed by atoms with Crippen molar-refractivity contribution in [1.82, 2.24) is 19.6 Å². The van der Waals surface area contributed by atoms with Crippen LogP contribution in [0.2, 0.25) is 0 Å². The Morgan fingerprint density at radius 2 is 2.03 bits per heavy atom. The molecule has 5 rings (SSSR count). The van der Waals surface area contributed by atoms with Crippen molar-refractivity contribution in [2.75, 3.05) is 17.2 Å². The largest absolute Gasteiger partial charge is 0.396 e. The van der Waals surface area contributed by atoms with E-state index in [1.165, 1.54) is 11.6 Å². The lowest BCUT2D eigenvalue weighted by Crippen LogP contribution is -2.26. The molecule has 2 aromatic carbocycles. The Morgan fingerprint density at radius 3 is 2.84 bits per heavy atom. The Hall–Kier alpha value is -3.66. The van der Waals surface area contributed by atoms with E-state index in [0.717, 1.165) is 36.2 Å². The second-order valence-electron chi connectivity index (χ2n) is 8.89. The Labute approximate surface area is 179 Å². The van der Waals surface area contributed by atoms with E-state index in [-0.39, 0.29) is 11.1 Å². The minimum Gasteiger partial charge on any atom is -0.396 e. The maximum Gasteiger partial charge on any atom is 0.257 e. The highest BCUT2D eigenvalue weighted by atomic mass is 19.1. The van der Waals surface area contributed by atoms with Gasteiger partial charge in [0.25, 0.3) is 5.78 Å². The summed E-state index contributed by atoms with van der Waals surface area (Å²) in [6.45, 7) is 7.07. The van der Waals surface area contributed by atoms with Gasteiger partial charge in [0.1, 0.15) is 18.0 Å². The smallest absolute Gasteiger partial charge is 0.257 e.